The van der Waals surface area contributed by atoms with Crippen LogP contribution in [0.15, 0.2) is 0 Å². The van der Waals surface area contributed by atoms with E-state index in [-0.39, 0.29) is 0 Å². The highest BCUT2D eigenvalue weighted by Crippen LogP contribution is 2.00. The molecule has 13 heavy (non-hydrogen) atoms. The summed E-state index contributed by atoms with van der Waals surface area (Å²) < 4.78 is 0. The lowest BCUT2D eigenvalue weighted by Gasteiger charge is -2.04. The molecule has 4 nitrogen and oxygen atoms in total. The number of nitrogens with two attached hydrogens (primary N) is 2. The predicted octanol–water partition coefficient (Wildman–Crippen LogP) is 0.944. The van der Waals surface area contributed by atoms with E-state index in [1.54, 1.807) is 0 Å². The molecule has 0 aliphatic carbocycles. The van der Waals surface area contributed by atoms with Crippen LogP contribution in [0.3, 0.4) is 0 Å². The first-order valence-corrected chi connectivity index (χ1v) is 4.87. The van der Waals surface area contributed by atoms with Gasteiger partial charge < -0.3 is 16.6 Å². The van der Waals surface area contributed by atoms with Crippen LogP contribution in [0.4, 0.5) is 0 Å². The molecule has 0 radical (unpaired) electrons. The monoisotopic (exact) mass is 190 g/mol. The summed E-state index contributed by atoms with van der Waals surface area (Å²) in [6, 6.07) is -0.701. The smallest absolute Gasteiger partial charge is 0.320 e. The van der Waals surface area contributed by atoms with Gasteiger partial charge in [0.05, 0.1) is 0 Å². The second kappa shape index (κ2) is 11.4. The molecular formula is C9H22N2O2. The highest BCUT2D eigenvalue weighted by atomic mass is 16.4. The molecule has 0 aliphatic rings. The maximum Gasteiger partial charge on any atom is 0.320 e. The van der Waals surface area contributed by atoms with Crippen LogP contribution in [-0.2, 0) is 4.79 Å². The summed E-state index contributed by atoms with van der Waals surface area (Å²) in [7, 11) is 0. The van der Waals surface area contributed by atoms with Crippen LogP contribution in [-0.4, -0.2) is 23.7 Å². The Kier molecular flexibility index (Phi) is 13.0. The second-order valence-corrected chi connectivity index (χ2v) is 2.58. The van der Waals surface area contributed by atoms with Crippen molar-refractivity contribution in [3.8, 4) is 0 Å². The molecule has 0 saturated heterocycles. The van der Waals surface area contributed by atoms with E-state index in [0.717, 1.165) is 19.3 Å². The quantitative estimate of drug-likeness (QED) is 0.544. The molecule has 1 unspecified atom stereocenters. The van der Waals surface area contributed by atoms with E-state index in [0.29, 0.717) is 13.0 Å². The molecule has 0 amide bonds. The van der Waals surface area contributed by atoms with Gasteiger partial charge >= 0.3 is 5.97 Å². The predicted molar refractivity (Wildman–Crippen MR) is 54.5 cm³/mol. The molecule has 1 atom stereocenters. The van der Waals surface area contributed by atoms with Crippen LogP contribution in [0, 0.1) is 0 Å². The average molecular weight is 190 g/mol. The van der Waals surface area contributed by atoms with E-state index in [2.05, 4.69) is 0 Å². The molecule has 0 aromatic rings. The Balaban J connectivity index is 0. The first-order valence-electron chi connectivity index (χ1n) is 4.87. The number of rotatable bonds is 6. The fraction of sp³-hybridized carbons (Fsp3) is 0.889. The molecule has 0 aliphatic heterocycles. The van der Waals surface area contributed by atoms with Crippen LogP contribution in [0.2, 0.25) is 0 Å². The van der Waals surface area contributed by atoms with E-state index in [1.807, 2.05) is 13.8 Å². The minimum Gasteiger partial charge on any atom is -0.480 e. The summed E-state index contributed by atoms with van der Waals surface area (Å²) in [5.41, 5.74) is 10.5. The first kappa shape index (κ1) is 14.9. The summed E-state index contributed by atoms with van der Waals surface area (Å²) in [5, 5.41) is 8.39. The lowest BCUT2D eigenvalue weighted by Crippen LogP contribution is -2.29. The van der Waals surface area contributed by atoms with Gasteiger partial charge in [-0.1, -0.05) is 26.7 Å². The Morgan fingerprint density at radius 2 is 1.85 bits per heavy atom. The number of aliphatic carboxylic acids is 1. The highest BCUT2D eigenvalue weighted by molar-refractivity contribution is 5.72. The molecule has 0 aromatic heterocycles. The van der Waals surface area contributed by atoms with Gasteiger partial charge in [0, 0.05) is 0 Å². The van der Waals surface area contributed by atoms with Gasteiger partial charge in [-0.2, -0.15) is 0 Å². The van der Waals surface area contributed by atoms with Crippen LogP contribution < -0.4 is 11.5 Å². The Hall–Kier alpha value is -0.610. The molecule has 0 rings (SSSR count). The van der Waals surface area contributed by atoms with Crippen molar-refractivity contribution in [3.05, 3.63) is 0 Å². The molecule has 80 valence electrons. The molecule has 0 bridgehead atoms. The van der Waals surface area contributed by atoms with E-state index in [4.69, 9.17) is 16.6 Å². The maximum absolute atomic E-state index is 10.2. The molecule has 0 aromatic carbocycles. The van der Waals surface area contributed by atoms with Crippen LogP contribution >= 0.6 is 0 Å². The molecule has 0 saturated carbocycles. The van der Waals surface area contributed by atoms with Crippen molar-refractivity contribution in [1.82, 2.24) is 0 Å². The standard InChI is InChI=1S/C7H16N2O2.C2H6/c8-5-3-1-2-4-6(9)7(10)11;1-2/h6H,1-5,8-9H2,(H,10,11);1-2H3. The topological polar surface area (TPSA) is 89.3 Å². The zero-order valence-electron chi connectivity index (χ0n) is 8.62. The molecule has 4 heteroatoms. The Labute approximate surface area is 80.3 Å². The van der Waals surface area contributed by atoms with Gasteiger partial charge in [0.1, 0.15) is 6.04 Å². The molecule has 0 spiro atoms. The number of unbranched alkanes of at least 4 members (excludes halogenated alkanes) is 2. The van der Waals surface area contributed by atoms with E-state index >= 15 is 0 Å². The van der Waals surface area contributed by atoms with Gasteiger partial charge in [0.2, 0.25) is 0 Å². The zero-order valence-corrected chi connectivity index (χ0v) is 8.62. The molecule has 5 N–H and O–H groups in total. The fourth-order valence-corrected chi connectivity index (χ4v) is 0.809. The van der Waals surface area contributed by atoms with Crippen molar-refractivity contribution < 1.29 is 9.90 Å². The van der Waals surface area contributed by atoms with Crippen molar-refractivity contribution in [2.75, 3.05) is 6.54 Å². The number of carbonyl (C=O) groups is 1. The van der Waals surface area contributed by atoms with Gasteiger partial charge in [-0.05, 0) is 19.4 Å². The fourth-order valence-electron chi connectivity index (χ4n) is 0.809. The third-order valence-electron chi connectivity index (χ3n) is 1.54. The van der Waals surface area contributed by atoms with Crippen LogP contribution in [0.1, 0.15) is 39.5 Å². The minimum absolute atomic E-state index is 0.551. The van der Waals surface area contributed by atoms with Gasteiger partial charge in [-0.25, -0.2) is 0 Å². The number of hydrogen-bond acceptors (Lipinski definition) is 3. The average Bonchev–Trinajstić information content (AvgIpc) is 2.15. The summed E-state index contributed by atoms with van der Waals surface area (Å²) >= 11 is 0. The van der Waals surface area contributed by atoms with E-state index < -0.39 is 12.0 Å². The second-order valence-electron chi connectivity index (χ2n) is 2.58. The largest absolute Gasteiger partial charge is 0.480 e. The zero-order chi connectivity index (χ0) is 10.7. The van der Waals surface area contributed by atoms with Gasteiger partial charge in [0.25, 0.3) is 0 Å². The summed E-state index contributed by atoms with van der Waals surface area (Å²) in [6.07, 6.45) is 3.32. The summed E-state index contributed by atoms with van der Waals surface area (Å²) in [4.78, 5) is 10.2. The van der Waals surface area contributed by atoms with E-state index in [1.165, 1.54) is 0 Å². The number of hydrogen-bond donors (Lipinski definition) is 3. The third-order valence-corrected chi connectivity index (χ3v) is 1.54. The number of carboxylic acid groups (broad SMARTS) is 1. The highest BCUT2D eigenvalue weighted by Gasteiger charge is 2.09. The SMILES string of the molecule is CC.NCCCCCC(N)C(=O)O. The van der Waals surface area contributed by atoms with Crippen LogP contribution in [0.25, 0.3) is 0 Å². The maximum atomic E-state index is 10.2. The minimum atomic E-state index is -0.919. The lowest BCUT2D eigenvalue weighted by molar-refractivity contribution is -0.138. The van der Waals surface area contributed by atoms with Gasteiger partial charge in [-0.15, -0.1) is 0 Å². The number of carboxylic acids is 1. The normalized spacial score (nSPS) is 11.4. The summed E-state index contributed by atoms with van der Waals surface area (Å²) in [5.74, 6) is -0.919. The third kappa shape index (κ3) is 11.4. The van der Waals surface area contributed by atoms with Crippen molar-refractivity contribution in [2.24, 2.45) is 11.5 Å². The first-order chi connectivity index (χ1) is 6.18. The Morgan fingerprint density at radius 3 is 2.23 bits per heavy atom. The van der Waals surface area contributed by atoms with Crippen LogP contribution in [0.5, 0.6) is 0 Å². The summed E-state index contributed by atoms with van der Waals surface area (Å²) in [6.45, 7) is 4.67. The van der Waals surface area contributed by atoms with Crippen molar-refractivity contribution in [3.63, 3.8) is 0 Å². The Morgan fingerprint density at radius 1 is 1.31 bits per heavy atom. The van der Waals surface area contributed by atoms with Gasteiger partial charge in [0.15, 0.2) is 0 Å². The van der Waals surface area contributed by atoms with Crippen molar-refractivity contribution in [1.29, 1.82) is 0 Å². The Bertz CT molecular complexity index is 118. The molecule has 0 heterocycles. The molecular weight excluding hydrogens is 168 g/mol. The van der Waals surface area contributed by atoms with E-state index in [9.17, 15) is 4.79 Å². The van der Waals surface area contributed by atoms with Crippen molar-refractivity contribution in [2.45, 2.75) is 45.6 Å². The van der Waals surface area contributed by atoms with Crippen molar-refractivity contribution >= 4 is 5.97 Å². The van der Waals surface area contributed by atoms with Gasteiger partial charge in [-0.3, -0.25) is 4.79 Å². The molecule has 0 fully saturated rings. The lowest BCUT2D eigenvalue weighted by atomic mass is 10.1.